The van der Waals surface area contributed by atoms with Crippen molar-refractivity contribution in [3.63, 3.8) is 0 Å². The Morgan fingerprint density at radius 2 is 2.69 bits per heavy atom. The molecule has 0 aromatic carbocycles. The molecule has 0 amide bonds. The van der Waals surface area contributed by atoms with E-state index >= 15 is 0 Å². The largest absolute Gasteiger partial charge is 0.315 e. The molecule has 0 saturated carbocycles. The van der Waals surface area contributed by atoms with Gasteiger partial charge in [-0.3, -0.25) is 9.19 Å². The van der Waals surface area contributed by atoms with Crippen LogP contribution in [-0.4, -0.2) is 27.5 Å². The second-order valence-corrected chi connectivity index (χ2v) is 5.80. The maximum atomic E-state index is 11.8. The number of thiazole rings is 1. The zero-order valence-corrected chi connectivity index (χ0v) is 8.87. The topological polar surface area (TPSA) is 42.0 Å². The van der Waals surface area contributed by atoms with Crippen LogP contribution in [0.3, 0.4) is 0 Å². The second kappa shape index (κ2) is 4.30. The summed E-state index contributed by atoms with van der Waals surface area (Å²) in [7, 11) is -0.717. The highest BCUT2D eigenvalue weighted by Crippen LogP contribution is 2.14. The highest BCUT2D eigenvalue weighted by molar-refractivity contribution is 7.85. The lowest BCUT2D eigenvalue weighted by atomic mass is 10.4. The third-order valence-electron chi connectivity index (χ3n) is 2.15. The Bertz CT molecular complexity index is 280. The molecule has 1 unspecified atom stereocenters. The van der Waals surface area contributed by atoms with Gasteiger partial charge in [-0.1, -0.05) is 0 Å². The van der Waals surface area contributed by atoms with Gasteiger partial charge in [0.05, 0.1) is 11.3 Å². The molecule has 0 radical (unpaired) electrons. The molecule has 1 saturated heterocycles. The van der Waals surface area contributed by atoms with Crippen LogP contribution in [0, 0.1) is 0 Å². The van der Waals surface area contributed by atoms with Crippen molar-refractivity contribution in [1.29, 1.82) is 0 Å². The predicted molar refractivity (Wildman–Crippen MR) is 55.2 cm³/mol. The lowest BCUT2D eigenvalue weighted by molar-refractivity contribution is 0.672. The average Bonchev–Trinajstić information content (AvgIpc) is 2.74. The lowest BCUT2D eigenvalue weighted by Gasteiger charge is -2.05. The average molecular weight is 216 g/mol. The second-order valence-electron chi connectivity index (χ2n) is 3.11. The molecule has 1 aromatic heterocycles. The Kier molecular flexibility index (Phi) is 3.08. The van der Waals surface area contributed by atoms with Crippen molar-refractivity contribution >= 4 is 22.1 Å². The molecular weight excluding hydrogens is 204 g/mol. The van der Waals surface area contributed by atoms with Crippen LogP contribution in [0.2, 0.25) is 0 Å². The van der Waals surface area contributed by atoms with E-state index in [1.54, 1.807) is 16.8 Å². The first-order valence-corrected chi connectivity index (χ1v) is 6.57. The van der Waals surface area contributed by atoms with Gasteiger partial charge in [0.1, 0.15) is 0 Å². The van der Waals surface area contributed by atoms with Gasteiger partial charge in [-0.2, -0.15) is 0 Å². The van der Waals surface area contributed by atoms with E-state index in [1.807, 2.05) is 6.20 Å². The fourth-order valence-electron chi connectivity index (χ4n) is 1.42. The molecular formula is C8H12N2OS2. The number of rotatable bonds is 3. The molecule has 2 rings (SSSR count). The van der Waals surface area contributed by atoms with Crippen molar-refractivity contribution in [1.82, 2.24) is 10.3 Å². The van der Waals surface area contributed by atoms with E-state index < -0.39 is 10.8 Å². The fourth-order valence-corrected chi connectivity index (χ4v) is 3.70. The summed E-state index contributed by atoms with van der Waals surface area (Å²) < 4.78 is 11.8. The Morgan fingerprint density at radius 1 is 1.77 bits per heavy atom. The van der Waals surface area contributed by atoms with Crippen molar-refractivity contribution in [3.05, 3.63) is 16.6 Å². The molecule has 13 heavy (non-hydrogen) atoms. The molecule has 1 aliphatic heterocycles. The van der Waals surface area contributed by atoms with Crippen LogP contribution in [0.5, 0.6) is 0 Å². The van der Waals surface area contributed by atoms with Gasteiger partial charge < -0.3 is 5.32 Å². The molecule has 2 atom stereocenters. The standard InChI is InChI=1S/C8H12N2OS2/c11-13(8-1-2-9-4-8)5-7-3-10-6-12-7/h3,6,8-9H,1-2,4-5H2/t8-,13?/m0/s1. The van der Waals surface area contributed by atoms with Crippen LogP contribution in [0.1, 0.15) is 11.3 Å². The minimum Gasteiger partial charge on any atom is -0.315 e. The first-order valence-electron chi connectivity index (χ1n) is 4.31. The Labute approximate surface area is 84.0 Å². The summed E-state index contributed by atoms with van der Waals surface area (Å²) in [6, 6.07) is 0. The normalized spacial score (nSPS) is 24.8. The van der Waals surface area contributed by atoms with Crippen molar-refractivity contribution in [2.75, 3.05) is 13.1 Å². The molecule has 0 spiro atoms. The van der Waals surface area contributed by atoms with Gasteiger partial charge in [0.2, 0.25) is 0 Å². The predicted octanol–water partition coefficient (Wildman–Crippen LogP) is 0.754. The van der Waals surface area contributed by atoms with Crippen molar-refractivity contribution in [3.8, 4) is 0 Å². The van der Waals surface area contributed by atoms with E-state index in [-0.39, 0.29) is 0 Å². The molecule has 5 heteroatoms. The summed E-state index contributed by atoms with van der Waals surface area (Å²) in [5.41, 5.74) is 1.79. The smallest absolute Gasteiger partial charge is 0.0794 e. The molecule has 1 aliphatic rings. The van der Waals surface area contributed by atoms with Crippen LogP contribution < -0.4 is 5.32 Å². The van der Waals surface area contributed by atoms with Gasteiger partial charge in [-0.25, -0.2) is 0 Å². The molecule has 1 N–H and O–H groups in total. The number of hydrogen-bond acceptors (Lipinski definition) is 4. The molecule has 72 valence electrons. The minimum atomic E-state index is -0.717. The Hall–Kier alpha value is -0.260. The summed E-state index contributed by atoms with van der Waals surface area (Å²) in [5.74, 6) is 0.678. The lowest BCUT2D eigenvalue weighted by Crippen LogP contribution is -2.19. The summed E-state index contributed by atoms with van der Waals surface area (Å²) in [5, 5.41) is 3.58. The highest BCUT2D eigenvalue weighted by Gasteiger charge is 2.21. The quantitative estimate of drug-likeness (QED) is 0.811. The minimum absolute atomic E-state index is 0.349. The van der Waals surface area contributed by atoms with Crippen molar-refractivity contribution < 1.29 is 4.21 Å². The Balaban J connectivity index is 1.91. The van der Waals surface area contributed by atoms with Gasteiger partial charge in [-0.15, -0.1) is 11.3 Å². The van der Waals surface area contributed by atoms with Crippen LogP contribution in [0.25, 0.3) is 0 Å². The van der Waals surface area contributed by atoms with E-state index in [2.05, 4.69) is 10.3 Å². The van der Waals surface area contributed by atoms with Gasteiger partial charge >= 0.3 is 0 Å². The molecule has 1 aromatic rings. The van der Waals surface area contributed by atoms with Crippen LogP contribution in [-0.2, 0) is 16.6 Å². The van der Waals surface area contributed by atoms with E-state index in [4.69, 9.17) is 0 Å². The van der Waals surface area contributed by atoms with Gasteiger partial charge in [0, 0.05) is 33.7 Å². The molecule has 0 bridgehead atoms. The first kappa shape index (κ1) is 9.30. The maximum absolute atomic E-state index is 11.8. The zero-order chi connectivity index (χ0) is 9.10. The monoisotopic (exact) mass is 216 g/mol. The van der Waals surface area contributed by atoms with Gasteiger partial charge in [0.15, 0.2) is 0 Å². The van der Waals surface area contributed by atoms with Gasteiger partial charge in [-0.05, 0) is 13.0 Å². The highest BCUT2D eigenvalue weighted by atomic mass is 32.2. The molecule has 1 fully saturated rings. The number of nitrogens with zero attached hydrogens (tertiary/aromatic N) is 1. The van der Waals surface area contributed by atoms with Crippen molar-refractivity contribution in [2.45, 2.75) is 17.4 Å². The summed E-state index contributed by atoms with van der Waals surface area (Å²) in [4.78, 5) is 5.10. The number of nitrogens with one attached hydrogen (secondary N) is 1. The van der Waals surface area contributed by atoms with E-state index in [9.17, 15) is 4.21 Å². The number of aromatic nitrogens is 1. The Morgan fingerprint density at radius 3 is 3.31 bits per heavy atom. The third-order valence-corrected chi connectivity index (χ3v) is 4.86. The third kappa shape index (κ3) is 2.36. The van der Waals surface area contributed by atoms with Gasteiger partial charge in [0.25, 0.3) is 0 Å². The molecule has 0 aliphatic carbocycles. The van der Waals surface area contributed by atoms with Crippen molar-refractivity contribution in [2.24, 2.45) is 0 Å². The van der Waals surface area contributed by atoms with Crippen LogP contribution >= 0.6 is 11.3 Å². The van der Waals surface area contributed by atoms with E-state index in [1.165, 1.54) is 0 Å². The van der Waals surface area contributed by atoms with E-state index in [0.717, 1.165) is 24.4 Å². The first-order chi connectivity index (χ1) is 6.36. The molecule has 3 nitrogen and oxygen atoms in total. The van der Waals surface area contributed by atoms with Crippen LogP contribution in [0.4, 0.5) is 0 Å². The number of hydrogen-bond donors (Lipinski definition) is 1. The summed E-state index contributed by atoms with van der Waals surface area (Å²) >= 11 is 1.59. The van der Waals surface area contributed by atoms with Crippen LogP contribution in [0.15, 0.2) is 11.7 Å². The van der Waals surface area contributed by atoms with E-state index in [0.29, 0.717) is 11.0 Å². The zero-order valence-electron chi connectivity index (χ0n) is 7.23. The molecule has 2 heterocycles. The maximum Gasteiger partial charge on any atom is 0.0794 e. The summed E-state index contributed by atoms with van der Waals surface area (Å²) in [6.07, 6.45) is 2.86. The SMILES string of the molecule is O=S(Cc1cncs1)[C@H]1CCNC1. The summed E-state index contributed by atoms with van der Waals surface area (Å²) in [6.45, 7) is 1.92. The fraction of sp³-hybridized carbons (Fsp3) is 0.625.